The van der Waals surface area contributed by atoms with Crippen LogP contribution in [0.3, 0.4) is 0 Å². The number of allylic oxidation sites excluding steroid dienone is 4. The lowest BCUT2D eigenvalue weighted by molar-refractivity contribution is -0.112. The van der Waals surface area contributed by atoms with E-state index >= 15 is 0 Å². The van der Waals surface area contributed by atoms with Gasteiger partial charge < -0.3 is 10.2 Å². The second-order valence-corrected chi connectivity index (χ2v) is 14.1. The second-order valence-electron chi connectivity index (χ2n) is 14.1. The van der Waals surface area contributed by atoms with Gasteiger partial charge in [0.2, 0.25) is 0 Å². The summed E-state index contributed by atoms with van der Waals surface area (Å²) in [7, 11) is 0. The number of aliphatic hydroxyl groups is 2. The summed E-state index contributed by atoms with van der Waals surface area (Å²) in [6.07, 6.45) is 12.9. The van der Waals surface area contributed by atoms with Crippen molar-refractivity contribution in [3.05, 3.63) is 47.6 Å². The molecule has 2 nitrogen and oxygen atoms in total. The Morgan fingerprint density at radius 2 is 0.903 bits per heavy atom. The molecule has 0 unspecified atom stereocenters. The van der Waals surface area contributed by atoms with Crippen LogP contribution in [0.2, 0.25) is 0 Å². The Bertz CT molecular complexity index is 728. The molecule has 0 aromatic rings. The number of hydrogen-bond acceptors (Lipinski definition) is 2. The molecule has 0 saturated heterocycles. The molecular weight excluding hydrogens is 380 g/mol. The highest BCUT2D eigenvalue weighted by atomic mass is 16.3. The molecule has 0 bridgehead atoms. The highest BCUT2D eigenvalue weighted by molar-refractivity contribution is 5.41. The van der Waals surface area contributed by atoms with Gasteiger partial charge in [-0.2, -0.15) is 0 Å². The van der Waals surface area contributed by atoms with Gasteiger partial charge in [0.1, 0.15) is 0 Å². The van der Waals surface area contributed by atoms with Gasteiger partial charge in [-0.15, -0.1) is 0 Å². The van der Waals surface area contributed by atoms with E-state index in [1.807, 2.05) is 0 Å². The van der Waals surface area contributed by atoms with Crippen molar-refractivity contribution < 1.29 is 10.2 Å². The Labute approximate surface area is 192 Å². The molecule has 0 aliphatic heterocycles. The minimum Gasteiger partial charge on any atom is -0.385 e. The van der Waals surface area contributed by atoms with Gasteiger partial charge in [-0.05, 0) is 32.8 Å². The van der Waals surface area contributed by atoms with Gasteiger partial charge in [0.05, 0.1) is 11.2 Å². The van der Waals surface area contributed by atoms with Gasteiger partial charge in [0.25, 0.3) is 0 Å². The van der Waals surface area contributed by atoms with Crippen molar-refractivity contribution in [2.75, 3.05) is 0 Å². The zero-order chi connectivity index (χ0) is 24.3. The molecule has 31 heavy (non-hydrogen) atoms. The van der Waals surface area contributed by atoms with E-state index in [4.69, 9.17) is 0 Å². The Morgan fingerprint density at radius 3 is 1.13 bits per heavy atom. The molecule has 0 amide bonds. The number of hydrogen-bond donors (Lipinski definition) is 2. The Morgan fingerprint density at radius 1 is 0.613 bits per heavy atom. The quantitative estimate of drug-likeness (QED) is 0.486. The Kier molecular flexibility index (Phi) is 6.52. The standard InChI is InChI=1S/C29H48O2/c1-24(2,3)20-15-13-16-21(25(4,5)6)28(20,30)19-29(31)22(26(7,8)9)17-14-18-23(29)27(10,11)12/h13-18,20,22,30-31H,19H2,1-12H3/t20-,22+,28-,29-/m1/s1. The van der Waals surface area contributed by atoms with Crippen LogP contribution in [-0.4, -0.2) is 21.4 Å². The van der Waals surface area contributed by atoms with Gasteiger partial charge in [0.15, 0.2) is 0 Å². The Balaban J connectivity index is 2.77. The molecule has 176 valence electrons. The predicted molar refractivity (Wildman–Crippen MR) is 134 cm³/mol. The summed E-state index contributed by atoms with van der Waals surface area (Å²) in [6, 6.07) is 0. The highest BCUT2D eigenvalue weighted by Crippen LogP contribution is 2.56. The molecule has 0 aromatic carbocycles. The third-order valence-corrected chi connectivity index (χ3v) is 7.12. The van der Waals surface area contributed by atoms with Gasteiger partial charge in [0, 0.05) is 18.3 Å². The van der Waals surface area contributed by atoms with Gasteiger partial charge in [-0.3, -0.25) is 0 Å². The molecule has 2 aliphatic rings. The monoisotopic (exact) mass is 428 g/mol. The third kappa shape index (κ3) is 4.96. The molecule has 2 N–H and O–H groups in total. The fraction of sp³-hybridized carbons (Fsp3) is 0.724. The molecule has 0 radical (unpaired) electrons. The summed E-state index contributed by atoms with van der Waals surface area (Å²) in [5.41, 5.74) is -1.03. The number of rotatable bonds is 2. The first-order valence-corrected chi connectivity index (χ1v) is 11.9. The van der Waals surface area contributed by atoms with Crippen molar-refractivity contribution in [2.45, 2.75) is 101 Å². The lowest BCUT2D eigenvalue weighted by atomic mass is 9.53. The van der Waals surface area contributed by atoms with E-state index in [0.29, 0.717) is 0 Å². The average molecular weight is 429 g/mol. The van der Waals surface area contributed by atoms with Crippen molar-refractivity contribution in [1.29, 1.82) is 0 Å². The third-order valence-electron chi connectivity index (χ3n) is 7.12. The summed E-state index contributed by atoms with van der Waals surface area (Å²) in [5.74, 6) is -0.202. The van der Waals surface area contributed by atoms with Crippen molar-refractivity contribution in [1.82, 2.24) is 0 Å². The Hall–Kier alpha value is -1.12. The maximum atomic E-state index is 12.6. The fourth-order valence-electron chi connectivity index (χ4n) is 6.10. The molecule has 0 fully saturated rings. The van der Waals surface area contributed by atoms with Crippen LogP contribution in [0.4, 0.5) is 0 Å². The van der Waals surface area contributed by atoms with Crippen LogP contribution < -0.4 is 0 Å². The minimum absolute atomic E-state index is 0.101. The maximum absolute atomic E-state index is 12.6. The van der Waals surface area contributed by atoms with E-state index in [1.165, 1.54) is 0 Å². The van der Waals surface area contributed by atoms with Crippen molar-refractivity contribution in [2.24, 2.45) is 33.5 Å². The summed E-state index contributed by atoms with van der Waals surface area (Å²) in [6.45, 7) is 26.1. The topological polar surface area (TPSA) is 40.5 Å². The molecule has 4 atom stereocenters. The van der Waals surface area contributed by atoms with Crippen LogP contribution in [0.15, 0.2) is 47.6 Å². The zero-order valence-electron chi connectivity index (χ0n) is 22.2. The largest absolute Gasteiger partial charge is 0.385 e. The lowest BCUT2D eigenvalue weighted by Crippen LogP contribution is -2.59. The van der Waals surface area contributed by atoms with E-state index in [1.54, 1.807) is 0 Å². The van der Waals surface area contributed by atoms with Crippen LogP contribution in [0.25, 0.3) is 0 Å². The van der Waals surface area contributed by atoms with E-state index < -0.39 is 11.2 Å². The predicted octanol–water partition coefficient (Wildman–Crippen LogP) is 7.25. The van der Waals surface area contributed by atoms with Gasteiger partial charge >= 0.3 is 0 Å². The van der Waals surface area contributed by atoms with E-state index in [0.717, 1.165) is 11.1 Å². The van der Waals surface area contributed by atoms with E-state index in [-0.39, 0.29) is 39.9 Å². The molecule has 0 saturated carbocycles. The van der Waals surface area contributed by atoms with Crippen LogP contribution in [-0.2, 0) is 0 Å². The van der Waals surface area contributed by atoms with Crippen molar-refractivity contribution in [3.8, 4) is 0 Å². The summed E-state index contributed by atoms with van der Waals surface area (Å²) in [4.78, 5) is 0. The molecule has 2 heteroatoms. The SMILES string of the molecule is CC(C)(C)C1=CC=C[C@H](C(C)(C)C)[C@]1(O)C[C@]1(O)C(C(C)(C)C)=CC=C[C@H]1C(C)(C)C. The summed E-state index contributed by atoms with van der Waals surface area (Å²) < 4.78 is 0. The first kappa shape index (κ1) is 26.1. The lowest BCUT2D eigenvalue weighted by Gasteiger charge is -2.56. The fourth-order valence-corrected chi connectivity index (χ4v) is 6.10. The van der Waals surface area contributed by atoms with Crippen LogP contribution in [0.1, 0.15) is 89.5 Å². The average Bonchev–Trinajstić information content (AvgIpc) is 2.49. The van der Waals surface area contributed by atoms with Crippen molar-refractivity contribution in [3.63, 3.8) is 0 Å². The first-order chi connectivity index (χ1) is 13.6. The normalized spacial score (nSPS) is 32.7. The minimum atomic E-state index is -1.15. The summed E-state index contributed by atoms with van der Waals surface area (Å²) in [5, 5.41) is 25.2. The van der Waals surface area contributed by atoms with Crippen LogP contribution in [0.5, 0.6) is 0 Å². The van der Waals surface area contributed by atoms with Crippen LogP contribution in [0, 0.1) is 33.5 Å². The van der Waals surface area contributed by atoms with E-state index in [9.17, 15) is 10.2 Å². The van der Waals surface area contributed by atoms with E-state index in [2.05, 4.69) is 120 Å². The van der Waals surface area contributed by atoms with Crippen molar-refractivity contribution >= 4 is 0 Å². The van der Waals surface area contributed by atoms with Gasteiger partial charge in [-0.25, -0.2) is 0 Å². The van der Waals surface area contributed by atoms with Crippen LogP contribution >= 0.6 is 0 Å². The molecular formula is C29H48O2. The zero-order valence-corrected chi connectivity index (χ0v) is 22.2. The molecule has 0 heterocycles. The molecule has 0 aromatic heterocycles. The smallest absolute Gasteiger partial charge is 0.0963 e. The van der Waals surface area contributed by atoms with Gasteiger partial charge in [-0.1, -0.05) is 120 Å². The summed E-state index contributed by atoms with van der Waals surface area (Å²) >= 11 is 0. The second kappa shape index (κ2) is 7.73. The molecule has 2 rings (SSSR count). The molecule has 2 aliphatic carbocycles. The highest BCUT2D eigenvalue weighted by Gasteiger charge is 2.57. The first-order valence-electron chi connectivity index (χ1n) is 11.9. The molecule has 0 spiro atoms. The maximum Gasteiger partial charge on any atom is 0.0963 e.